The molecule has 0 bridgehead atoms. The molecule has 1 aromatic carbocycles. The van der Waals surface area contributed by atoms with Crippen LogP contribution in [0.5, 0.6) is 0 Å². The van der Waals surface area contributed by atoms with Gasteiger partial charge in [0.15, 0.2) is 0 Å². The highest BCUT2D eigenvalue weighted by Crippen LogP contribution is 2.25. The summed E-state index contributed by atoms with van der Waals surface area (Å²) in [5.74, 6) is 0. The molecule has 0 aliphatic carbocycles. The van der Waals surface area contributed by atoms with E-state index in [1.165, 1.54) is 11.1 Å². The summed E-state index contributed by atoms with van der Waals surface area (Å²) in [5, 5.41) is 11.4. The standard InChI is InChI=1S/C13H17BrN4/c1-4-15-13(12-8-16-17-18(12)3)10-5-6-11(14)9(2)7-10/h5-8,13,15H,4H2,1-3H3. The quantitative estimate of drug-likeness (QED) is 0.944. The Morgan fingerprint density at radius 2 is 2.22 bits per heavy atom. The van der Waals surface area contributed by atoms with E-state index in [1.54, 1.807) is 0 Å². The molecule has 0 aliphatic rings. The van der Waals surface area contributed by atoms with Crippen LogP contribution in [0.4, 0.5) is 0 Å². The maximum Gasteiger partial charge on any atom is 0.0798 e. The second-order valence-electron chi connectivity index (χ2n) is 4.28. The summed E-state index contributed by atoms with van der Waals surface area (Å²) in [7, 11) is 1.92. The average molecular weight is 309 g/mol. The molecule has 1 heterocycles. The van der Waals surface area contributed by atoms with Gasteiger partial charge in [-0.2, -0.15) is 0 Å². The minimum absolute atomic E-state index is 0.127. The van der Waals surface area contributed by atoms with Crippen LogP contribution in [0.2, 0.25) is 0 Å². The van der Waals surface area contributed by atoms with Crippen molar-refractivity contribution in [3.8, 4) is 0 Å². The second-order valence-corrected chi connectivity index (χ2v) is 5.14. The van der Waals surface area contributed by atoms with Crippen molar-refractivity contribution < 1.29 is 0 Å². The molecule has 0 radical (unpaired) electrons. The summed E-state index contributed by atoms with van der Waals surface area (Å²) in [4.78, 5) is 0. The van der Waals surface area contributed by atoms with Crippen LogP contribution in [-0.2, 0) is 7.05 Å². The Hall–Kier alpha value is -1.20. The van der Waals surface area contributed by atoms with Crippen molar-refractivity contribution in [1.29, 1.82) is 0 Å². The molecular formula is C13H17BrN4. The second kappa shape index (κ2) is 5.63. The molecule has 1 aromatic heterocycles. The Balaban J connectivity index is 2.41. The van der Waals surface area contributed by atoms with E-state index in [9.17, 15) is 0 Å². The molecule has 18 heavy (non-hydrogen) atoms. The fourth-order valence-corrected chi connectivity index (χ4v) is 2.25. The first-order valence-electron chi connectivity index (χ1n) is 5.97. The highest BCUT2D eigenvalue weighted by molar-refractivity contribution is 9.10. The van der Waals surface area contributed by atoms with E-state index in [-0.39, 0.29) is 6.04 Å². The van der Waals surface area contributed by atoms with Crippen LogP contribution in [0.3, 0.4) is 0 Å². The summed E-state index contributed by atoms with van der Waals surface area (Å²) in [5.41, 5.74) is 3.52. The number of halogens is 1. The van der Waals surface area contributed by atoms with Gasteiger partial charge in [0.05, 0.1) is 17.9 Å². The third kappa shape index (κ3) is 2.62. The van der Waals surface area contributed by atoms with Crippen molar-refractivity contribution >= 4 is 15.9 Å². The van der Waals surface area contributed by atoms with Crippen LogP contribution in [0.1, 0.15) is 29.8 Å². The highest BCUT2D eigenvalue weighted by Gasteiger charge is 2.17. The molecule has 1 N–H and O–H groups in total. The van der Waals surface area contributed by atoms with Gasteiger partial charge >= 0.3 is 0 Å². The fraction of sp³-hybridized carbons (Fsp3) is 0.385. The van der Waals surface area contributed by atoms with E-state index in [0.717, 1.165) is 16.7 Å². The molecule has 0 saturated carbocycles. The smallest absolute Gasteiger partial charge is 0.0798 e. The SMILES string of the molecule is CCNC(c1ccc(Br)c(C)c1)c1cnnn1C. The predicted octanol–water partition coefficient (Wildman–Crippen LogP) is 2.58. The molecular weight excluding hydrogens is 292 g/mol. The Morgan fingerprint density at radius 1 is 1.44 bits per heavy atom. The van der Waals surface area contributed by atoms with Gasteiger partial charge in [-0.25, -0.2) is 0 Å². The maximum atomic E-state index is 4.00. The first kappa shape index (κ1) is 13.2. The van der Waals surface area contributed by atoms with E-state index in [0.29, 0.717) is 0 Å². The maximum absolute atomic E-state index is 4.00. The fourth-order valence-electron chi connectivity index (χ4n) is 2.00. The van der Waals surface area contributed by atoms with E-state index in [1.807, 2.05) is 17.9 Å². The van der Waals surface area contributed by atoms with E-state index < -0.39 is 0 Å². The normalized spacial score (nSPS) is 12.7. The number of hydrogen-bond donors (Lipinski definition) is 1. The van der Waals surface area contributed by atoms with Crippen LogP contribution in [-0.4, -0.2) is 21.5 Å². The Morgan fingerprint density at radius 3 is 2.78 bits per heavy atom. The van der Waals surface area contributed by atoms with Gasteiger partial charge in [-0.3, -0.25) is 4.68 Å². The number of hydrogen-bond acceptors (Lipinski definition) is 3. The molecule has 0 aliphatic heterocycles. The highest BCUT2D eigenvalue weighted by atomic mass is 79.9. The van der Waals surface area contributed by atoms with Gasteiger partial charge in [0.2, 0.25) is 0 Å². The zero-order valence-electron chi connectivity index (χ0n) is 10.8. The zero-order valence-corrected chi connectivity index (χ0v) is 12.4. The molecule has 0 fully saturated rings. The molecule has 96 valence electrons. The van der Waals surface area contributed by atoms with Gasteiger partial charge in [0, 0.05) is 11.5 Å². The van der Waals surface area contributed by atoms with Crippen molar-refractivity contribution in [3.05, 3.63) is 45.7 Å². The van der Waals surface area contributed by atoms with E-state index in [2.05, 4.69) is 63.6 Å². The van der Waals surface area contributed by atoms with Crippen molar-refractivity contribution in [1.82, 2.24) is 20.3 Å². The third-order valence-corrected chi connectivity index (χ3v) is 3.86. The molecule has 1 unspecified atom stereocenters. The third-order valence-electron chi connectivity index (χ3n) is 2.97. The van der Waals surface area contributed by atoms with Gasteiger partial charge in [0.25, 0.3) is 0 Å². The van der Waals surface area contributed by atoms with E-state index in [4.69, 9.17) is 0 Å². The van der Waals surface area contributed by atoms with E-state index >= 15 is 0 Å². The molecule has 0 amide bonds. The van der Waals surface area contributed by atoms with Gasteiger partial charge in [-0.1, -0.05) is 40.2 Å². The lowest BCUT2D eigenvalue weighted by molar-refractivity contribution is 0.568. The first-order chi connectivity index (χ1) is 8.63. The first-order valence-corrected chi connectivity index (χ1v) is 6.76. The topological polar surface area (TPSA) is 42.7 Å². The monoisotopic (exact) mass is 308 g/mol. The van der Waals surface area contributed by atoms with Crippen molar-refractivity contribution in [2.75, 3.05) is 6.54 Å². The van der Waals surface area contributed by atoms with Crippen LogP contribution in [0.25, 0.3) is 0 Å². The lowest BCUT2D eigenvalue weighted by Gasteiger charge is -2.18. The zero-order chi connectivity index (χ0) is 13.1. The summed E-state index contributed by atoms with van der Waals surface area (Å²) in [6.07, 6.45) is 1.81. The number of rotatable bonds is 4. The van der Waals surface area contributed by atoms with Crippen LogP contribution < -0.4 is 5.32 Å². The van der Waals surface area contributed by atoms with Gasteiger partial charge in [-0.05, 0) is 30.7 Å². The number of nitrogens with zero attached hydrogens (tertiary/aromatic N) is 3. The number of aryl methyl sites for hydroxylation is 2. The Kier molecular flexibility index (Phi) is 4.14. The van der Waals surface area contributed by atoms with Gasteiger partial charge < -0.3 is 5.32 Å². The molecule has 0 saturated heterocycles. The minimum atomic E-state index is 0.127. The van der Waals surface area contributed by atoms with Crippen molar-refractivity contribution in [2.45, 2.75) is 19.9 Å². The van der Waals surface area contributed by atoms with Crippen molar-refractivity contribution in [2.24, 2.45) is 7.05 Å². The summed E-state index contributed by atoms with van der Waals surface area (Å²) in [6.45, 7) is 5.09. The van der Waals surface area contributed by atoms with Crippen LogP contribution in [0, 0.1) is 6.92 Å². The number of benzene rings is 1. The lowest BCUT2D eigenvalue weighted by atomic mass is 10.0. The minimum Gasteiger partial charge on any atom is -0.305 e. The van der Waals surface area contributed by atoms with Gasteiger partial charge in [0.1, 0.15) is 0 Å². The number of aromatic nitrogens is 3. The summed E-state index contributed by atoms with van der Waals surface area (Å²) < 4.78 is 2.94. The van der Waals surface area contributed by atoms with Crippen LogP contribution in [0.15, 0.2) is 28.9 Å². The Labute approximate surface area is 116 Å². The Bertz CT molecular complexity index is 536. The van der Waals surface area contributed by atoms with Crippen molar-refractivity contribution in [3.63, 3.8) is 0 Å². The average Bonchev–Trinajstić information content (AvgIpc) is 2.76. The molecule has 2 rings (SSSR count). The number of nitrogens with one attached hydrogen (secondary N) is 1. The molecule has 5 heteroatoms. The molecule has 4 nitrogen and oxygen atoms in total. The molecule has 0 spiro atoms. The largest absolute Gasteiger partial charge is 0.305 e. The lowest BCUT2D eigenvalue weighted by Crippen LogP contribution is -2.24. The summed E-state index contributed by atoms with van der Waals surface area (Å²) >= 11 is 3.53. The summed E-state index contributed by atoms with van der Waals surface area (Å²) in [6, 6.07) is 6.52. The predicted molar refractivity (Wildman–Crippen MR) is 75.4 cm³/mol. The van der Waals surface area contributed by atoms with Crippen LogP contribution >= 0.6 is 15.9 Å². The molecule has 2 aromatic rings. The van der Waals surface area contributed by atoms with Gasteiger partial charge in [-0.15, -0.1) is 5.10 Å². The molecule has 1 atom stereocenters.